The molecule has 2 aliphatic rings. The van der Waals surface area contributed by atoms with Crippen molar-refractivity contribution in [3.05, 3.63) is 93.0 Å². The summed E-state index contributed by atoms with van der Waals surface area (Å²) in [5.74, 6) is -1.48. The molecule has 3 heterocycles. The molecule has 0 bridgehead atoms. The third-order valence-electron chi connectivity index (χ3n) is 8.12. The first-order chi connectivity index (χ1) is 20.9. The smallest absolute Gasteiger partial charge is 0.341 e. The van der Waals surface area contributed by atoms with E-state index < -0.39 is 23.9 Å². The van der Waals surface area contributed by atoms with Gasteiger partial charge in [0, 0.05) is 47.6 Å². The van der Waals surface area contributed by atoms with Crippen LogP contribution < -0.4 is 5.32 Å². The van der Waals surface area contributed by atoms with E-state index in [1.54, 1.807) is 13.8 Å². The van der Waals surface area contributed by atoms with Crippen LogP contribution in [0.2, 0.25) is 0 Å². The molecule has 0 radical (unpaired) electrons. The van der Waals surface area contributed by atoms with E-state index in [0.29, 0.717) is 34.5 Å². The second-order valence-electron chi connectivity index (χ2n) is 11.0. The van der Waals surface area contributed by atoms with Gasteiger partial charge in [0.1, 0.15) is 5.00 Å². The van der Waals surface area contributed by atoms with Crippen molar-refractivity contribution in [1.29, 1.82) is 0 Å². The zero-order valence-corrected chi connectivity index (χ0v) is 25.3. The van der Waals surface area contributed by atoms with Crippen LogP contribution in [-0.4, -0.2) is 47.0 Å². The number of rotatable bonds is 8. The molecular formula is C34H35N3O5S. The van der Waals surface area contributed by atoms with Gasteiger partial charge in [-0.2, -0.15) is 0 Å². The third kappa shape index (κ3) is 6.05. The van der Waals surface area contributed by atoms with E-state index >= 15 is 0 Å². The maximum Gasteiger partial charge on any atom is 0.341 e. The highest BCUT2D eigenvalue weighted by atomic mass is 32.1. The lowest BCUT2D eigenvalue weighted by molar-refractivity contribution is -0.123. The molecule has 0 saturated carbocycles. The number of amides is 1. The fourth-order valence-electron chi connectivity index (χ4n) is 6.02. The van der Waals surface area contributed by atoms with Crippen molar-refractivity contribution >= 4 is 45.1 Å². The van der Waals surface area contributed by atoms with Crippen LogP contribution in [0.3, 0.4) is 0 Å². The summed E-state index contributed by atoms with van der Waals surface area (Å²) in [6.07, 6.45) is 3.31. The van der Waals surface area contributed by atoms with Gasteiger partial charge in [0.2, 0.25) is 0 Å². The number of carbonyl (C=O) groups is 3. The van der Waals surface area contributed by atoms with E-state index in [0.717, 1.165) is 66.0 Å². The number of carbonyl (C=O) groups excluding carboxylic acids is 3. The number of para-hydroxylation sites is 1. The molecule has 4 aromatic rings. The number of anilines is 1. The Morgan fingerprint density at radius 1 is 0.953 bits per heavy atom. The number of nitrogens with one attached hydrogen (secondary N) is 1. The van der Waals surface area contributed by atoms with E-state index in [4.69, 9.17) is 14.5 Å². The lowest BCUT2D eigenvalue weighted by Crippen LogP contribution is -2.34. The highest BCUT2D eigenvalue weighted by Crippen LogP contribution is 2.39. The zero-order chi connectivity index (χ0) is 29.9. The number of hydrogen-bond acceptors (Lipinski definition) is 8. The minimum atomic E-state index is -1.09. The van der Waals surface area contributed by atoms with Crippen LogP contribution in [0, 0.1) is 0 Å². The van der Waals surface area contributed by atoms with Crippen LogP contribution >= 0.6 is 11.3 Å². The first-order valence-corrected chi connectivity index (χ1v) is 15.7. The maximum absolute atomic E-state index is 13.9. The predicted molar refractivity (Wildman–Crippen MR) is 166 cm³/mol. The molecule has 9 heteroatoms. The van der Waals surface area contributed by atoms with Gasteiger partial charge in [0.05, 0.1) is 23.3 Å². The average molecular weight is 598 g/mol. The molecule has 222 valence electrons. The molecule has 1 atom stereocenters. The van der Waals surface area contributed by atoms with Crippen molar-refractivity contribution in [3.63, 3.8) is 0 Å². The zero-order valence-electron chi connectivity index (χ0n) is 24.5. The van der Waals surface area contributed by atoms with Crippen LogP contribution in [0.15, 0.2) is 54.6 Å². The number of esters is 2. The molecule has 43 heavy (non-hydrogen) atoms. The fraction of sp³-hybridized carbons (Fsp3) is 0.353. The van der Waals surface area contributed by atoms with Crippen molar-refractivity contribution in [1.82, 2.24) is 9.88 Å². The summed E-state index contributed by atoms with van der Waals surface area (Å²) in [4.78, 5) is 48.4. The number of fused-ring (bicyclic) bond motifs is 3. The Balaban J connectivity index is 1.25. The Bertz CT molecular complexity index is 1680. The lowest BCUT2D eigenvalue weighted by atomic mass is 9.95. The van der Waals surface area contributed by atoms with Crippen LogP contribution in [0.25, 0.3) is 10.9 Å². The summed E-state index contributed by atoms with van der Waals surface area (Å²) in [5.41, 5.74) is 5.50. The van der Waals surface area contributed by atoms with Crippen LogP contribution in [0.5, 0.6) is 0 Å². The maximum atomic E-state index is 13.9. The Kier molecular flexibility index (Phi) is 8.54. The monoisotopic (exact) mass is 597 g/mol. The molecule has 8 nitrogen and oxygen atoms in total. The van der Waals surface area contributed by atoms with Gasteiger partial charge in [-0.25, -0.2) is 9.59 Å². The number of hydrogen-bond donors (Lipinski definition) is 1. The molecular weight excluding hydrogens is 562 g/mol. The number of aromatic nitrogens is 1. The van der Waals surface area contributed by atoms with Gasteiger partial charge in [-0.3, -0.25) is 14.7 Å². The first-order valence-electron chi connectivity index (χ1n) is 14.9. The SMILES string of the molecule is CCOC(=O)c1c(NC(=O)C(C)OC(=O)c2c3c(nc4ccccc24)CCN(Cc2ccccc2)C3)sc2c1CCCC2. The van der Waals surface area contributed by atoms with Crippen LogP contribution in [0.4, 0.5) is 5.00 Å². The molecule has 0 fully saturated rings. The minimum absolute atomic E-state index is 0.248. The molecule has 6 rings (SSSR count). The molecule has 2 aromatic heterocycles. The Hall–Kier alpha value is -4.08. The number of aryl methyl sites for hydroxylation is 1. The Labute approximate surface area is 255 Å². The molecule has 1 amide bonds. The van der Waals surface area contributed by atoms with Crippen LogP contribution in [-0.2, 0) is 46.6 Å². The van der Waals surface area contributed by atoms with E-state index in [-0.39, 0.29) is 6.61 Å². The van der Waals surface area contributed by atoms with Crippen molar-refractivity contribution in [2.24, 2.45) is 0 Å². The van der Waals surface area contributed by atoms with Crippen LogP contribution in [0.1, 0.15) is 74.7 Å². The molecule has 0 saturated heterocycles. The normalized spacial score (nSPS) is 15.3. The summed E-state index contributed by atoms with van der Waals surface area (Å²) in [7, 11) is 0. The largest absolute Gasteiger partial charge is 0.462 e. The number of thiophene rings is 1. The highest BCUT2D eigenvalue weighted by Gasteiger charge is 2.31. The van der Waals surface area contributed by atoms with E-state index in [2.05, 4.69) is 22.3 Å². The fourth-order valence-corrected chi connectivity index (χ4v) is 7.30. The summed E-state index contributed by atoms with van der Waals surface area (Å²) < 4.78 is 11.2. The van der Waals surface area contributed by atoms with Crippen molar-refractivity contribution in [3.8, 4) is 0 Å². The van der Waals surface area contributed by atoms with E-state index in [1.807, 2.05) is 42.5 Å². The number of benzene rings is 2. The number of ether oxygens (including phenoxy) is 2. The summed E-state index contributed by atoms with van der Waals surface area (Å²) in [5, 5.41) is 4.04. The highest BCUT2D eigenvalue weighted by molar-refractivity contribution is 7.17. The average Bonchev–Trinajstić information content (AvgIpc) is 3.38. The standard InChI is InChI=1S/C34H35N3O5S/c1-3-41-33(39)30-24-14-8-10-16-28(24)43-32(30)36-31(38)21(2)42-34(40)29-23-13-7-9-15-26(23)35-27-17-18-37(20-25(27)29)19-22-11-5-4-6-12-22/h4-7,9,11-13,15,21H,3,8,10,14,16-20H2,1-2H3,(H,36,38). The summed E-state index contributed by atoms with van der Waals surface area (Å²) in [6.45, 7) is 5.71. The van der Waals surface area contributed by atoms with E-state index in [1.165, 1.54) is 16.9 Å². The third-order valence-corrected chi connectivity index (χ3v) is 9.33. The Morgan fingerprint density at radius 3 is 2.53 bits per heavy atom. The predicted octanol–water partition coefficient (Wildman–Crippen LogP) is 6.09. The van der Waals surface area contributed by atoms with Crippen molar-refractivity contribution < 1.29 is 23.9 Å². The topological polar surface area (TPSA) is 97.8 Å². The molecule has 2 aromatic carbocycles. The number of pyridine rings is 1. The second-order valence-corrected chi connectivity index (χ2v) is 12.2. The van der Waals surface area contributed by atoms with E-state index in [9.17, 15) is 14.4 Å². The lowest BCUT2D eigenvalue weighted by Gasteiger charge is -2.30. The van der Waals surface area contributed by atoms with Gasteiger partial charge in [-0.15, -0.1) is 11.3 Å². The first kappa shape index (κ1) is 29.0. The van der Waals surface area contributed by atoms with Gasteiger partial charge in [0.25, 0.3) is 5.91 Å². The minimum Gasteiger partial charge on any atom is -0.462 e. The van der Waals surface area contributed by atoms with Gasteiger partial charge >= 0.3 is 11.9 Å². The summed E-state index contributed by atoms with van der Waals surface area (Å²) in [6, 6.07) is 17.8. The molecule has 1 aliphatic heterocycles. The summed E-state index contributed by atoms with van der Waals surface area (Å²) >= 11 is 1.41. The second kappa shape index (κ2) is 12.7. The van der Waals surface area contributed by atoms with Gasteiger partial charge < -0.3 is 14.8 Å². The molecule has 1 N–H and O–H groups in total. The van der Waals surface area contributed by atoms with Gasteiger partial charge in [-0.05, 0) is 56.7 Å². The van der Waals surface area contributed by atoms with Crippen molar-refractivity contribution in [2.45, 2.75) is 65.1 Å². The Morgan fingerprint density at radius 2 is 1.72 bits per heavy atom. The van der Waals surface area contributed by atoms with Gasteiger partial charge in [0.15, 0.2) is 6.10 Å². The van der Waals surface area contributed by atoms with Gasteiger partial charge in [-0.1, -0.05) is 48.5 Å². The van der Waals surface area contributed by atoms with Crippen molar-refractivity contribution in [2.75, 3.05) is 18.5 Å². The quantitative estimate of drug-likeness (QED) is 0.245. The molecule has 0 spiro atoms. The molecule has 1 unspecified atom stereocenters. The molecule has 1 aliphatic carbocycles. The number of nitrogens with zero attached hydrogens (tertiary/aromatic N) is 2.